The molecular weight excluding hydrogens is 354 g/mol. The van der Waals surface area contributed by atoms with Crippen molar-refractivity contribution in [1.82, 2.24) is 14.5 Å². The molecule has 3 heterocycles. The van der Waals surface area contributed by atoms with Crippen molar-refractivity contribution in [2.75, 3.05) is 13.1 Å². The quantitative estimate of drug-likeness (QED) is 0.622. The molecule has 27 heavy (non-hydrogen) atoms. The molecule has 0 N–H and O–H groups in total. The molecule has 138 valence electrons. The fourth-order valence-electron chi connectivity index (χ4n) is 4.08. The van der Waals surface area contributed by atoms with E-state index in [4.69, 9.17) is 21.9 Å². The average Bonchev–Trinajstić information content (AvgIpc) is 2.94. The maximum absolute atomic E-state index is 6.57. The number of aryl methyl sites for hydroxylation is 2. The lowest BCUT2D eigenvalue weighted by Gasteiger charge is -2.35. The third-order valence-corrected chi connectivity index (χ3v) is 6.40. The first-order valence-electron chi connectivity index (χ1n) is 9.63. The van der Waals surface area contributed by atoms with Crippen LogP contribution in [0.2, 0.25) is 0 Å². The van der Waals surface area contributed by atoms with Gasteiger partial charge in [0.25, 0.3) is 0 Å². The number of benzene rings is 2. The maximum Gasteiger partial charge on any atom is 0.151 e. The van der Waals surface area contributed by atoms with Crippen molar-refractivity contribution in [2.45, 2.75) is 32.3 Å². The average molecular weight is 378 g/mol. The number of nitrogens with zero attached hydrogens (tertiary/aromatic N) is 3. The third-order valence-electron chi connectivity index (χ3n) is 5.92. The van der Waals surface area contributed by atoms with E-state index in [-0.39, 0.29) is 6.10 Å². The molecule has 0 bridgehead atoms. The Morgan fingerprint density at radius 3 is 2.70 bits per heavy atom. The highest BCUT2D eigenvalue weighted by molar-refractivity contribution is 7.80. The van der Waals surface area contributed by atoms with E-state index in [1.807, 2.05) is 13.0 Å². The molecular formula is C22H23N3OS. The first-order chi connectivity index (χ1) is 13.1. The van der Waals surface area contributed by atoms with Gasteiger partial charge >= 0.3 is 0 Å². The highest BCUT2D eigenvalue weighted by atomic mass is 32.1. The van der Waals surface area contributed by atoms with E-state index in [9.17, 15) is 0 Å². The van der Waals surface area contributed by atoms with Gasteiger partial charge < -0.3 is 14.2 Å². The Balaban J connectivity index is 1.66. The maximum atomic E-state index is 6.57. The van der Waals surface area contributed by atoms with Crippen LogP contribution in [-0.2, 0) is 13.5 Å². The lowest BCUT2D eigenvalue weighted by atomic mass is 9.92. The zero-order valence-electron chi connectivity index (χ0n) is 15.7. The molecule has 1 fully saturated rings. The summed E-state index contributed by atoms with van der Waals surface area (Å²) in [5.41, 5.74) is 5.66. The number of imidazole rings is 1. The number of likely N-dealkylation sites (tertiary alicyclic amines) is 1. The molecule has 0 aliphatic carbocycles. The fourth-order valence-corrected chi connectivity index (χ4v) is 4.45. The van der Waals surface area contributed by atoms with E-state index in [1.54, 1.807) is 0 Å². The van der Waals surface area contributed by atoms with Crippen LogP contribution < -0.4 is 4.74 Å². The molecule has 1 saturated heterocycles. The van der Waals surface area contributed by atoms with Gasteiger partial charge in [0, 0.05) is 31.3 Å². The minimum absolute atomic E-state index is 0.0667. The van der Waals surface area contributed by atoms with E-state index >= 15 is 0 Å². The fraction of sp³-hybridized carbons (Fsp3) is 0.364. The topological polar surface area (TPSA) is 30.3 Å². The molecule has 0 radical (unpaired) electrons. The lowest BCUT2D eigenvalue weighted by Crippen LogP contribution is -2.42. The molecule has 3 aromatic rings. The van der Waals surface area contributed by atoms with Crippen LogP contribution in [0.5, 0.6) is 5.75 Å². The van der Waals surface area contributed by atoms with Crippen LogP contribution in [-0.4, -0.2) is 32.5 Å². The SMILES string of the molecule is Cc1nc2c3c(c(C(=S)N4CCC4)cc2n1C)CC[C@@H](c1ccccc1)O3. The van der Waals surface area contributed by atoms with Crippen molar-refractivity contribution in [3.63, 3.8) is 0 Å². The molecule has 0 spiro atoms. The Bertz CT molecular complexity index is 1040. The van der Waals surface area contributed by atoms with Crippen molar-refractivity contribution in [3.8, 4) is 5.75 Å². The summed E-state index contributed by atoms with van der Waals surface area (Å²) in [5, 5.41) is 0. The van der Waals surface area contributed by atoms with Crippen LogP contribution in [0.3, 0.4) is 0 Å². The molecule has 2 aliphatic heterocycles. The van der Waals surface area contributed by atoms with Gasteiger partial charge in [-0.2, -0.15) is 0 Å². The summed E-state index contributed by atoms with van der Waals surface area (Å²) in [6.45, 7) is 4.16. The second kappa shape index (κ2) is 6.34. The van der Waals surface area contributed by atoms with Gasteiger partial charge in [-0.3, -0.25) is 0 Å². The molecule has 5 rings (SSSR count). The number of aromatic nitrogens is 2. The Kier molecular flexibility index (Phi) is 3.93. The molecule has 2 aliphatic rings. The molecule has 1 atom stereocenters. The lowest BCUT2D eigenvalue weighted by molar-refractivity contribution is 0.179. The van der Waals surface area contributed by atoms with Crippen molar-refractivity contribution in [2.24, 2.45) is 7.05 Å². The van der Waals surface area contributed by atoms with Crippen LogP contribution in [0.1, 0.15) is 41.5 Å². The molecule has 0 unspecified atom stereocenters. The standard InChI is InChI=1S/C22H23N3OS/c1-14-23-20-18(24(14)2)13-17(22(27)25-11-6-12-25)16-9-10-19(26-21(16)20)15-7-4-3-5-8-15/h3-5,7-8,13,19H,6,9-12H2,1-2H3/t19-/m0/s1. The van der Waals surface area contributed by atoms with Crippen LogP contribution in [0, 0.1) is 6.92 Å². The molecule has 1 aromatic heterocycles. The number of fused-ring (bicyclic) bond motifs is 3. The normalized spacial score (nSPS) is 18.7. The molecule has 2 aromatic carbocycles. The van der Waals surface area contributed by atoms with Crippen molar-refractivity contribution in [1.29, 1.82) is 0 Å². The van der Waals surface area contributed by atoms with Gasteiger partial charge in [-0.15, -0.1) is 0 Å². The van der Waals surface area contributed by atoms with Gasteiger partial charge in [-0.05, 0) is 37.8 Å². The Morgan fingerprint density at radius 1 is 1.22 bits per heavy atom. The van der Waals surface area contributed by atoms with Gasteiger partial charge in [0.15, 0.2) is 5.75 Å². The number of ether oxygens (including phenoxy) is 1. The molecule has 0 amide bonds. The smallest absolute Gasteiger partial charge is 0.151 e. The number of rotatable bonds is 2. The van der Waals surface area contributed by atoms with Gasteiger partial charge in [-0.1, -0.05) is 42.5 Å². The van der Waals surface area contributed by atoms with Crippen molar-refractivity contribution in [3.05, 3.63) is 58.9 Å². The van der Waals surface area contributed by atoms with E-state index in [2.05, 4.69) is 46.8 Å². The largest absolute Gasteiger partial charge is 0.483 e. The van der Waals surface area contributed by atoms with E-state index < -0.39 is 0 Å². The summed E-state index contributed by atoms with van der Waals surface area (Å²) < 4.78 is 8.70. The third kappa shape index (κ3) is 2.64. The van der Waals surface area contributed by atoms with Crippen LogP contribution in [0.25, 0.3) is 11.0 Å². The predicted molar refractivity (Wildman–Crippen MR) is 111 cm³/mol. The predicted octanol–water partition coefficient (Wildman–Crippen LogP) is 4.33. The highest BCUT2D eigenvalue weighted by Crippen LogP contribution is 2.42. The van der Waals surface area contributed by atoms with E-state index in [0.29, 0.717) is 0 Å². The van der Waals surface area contributed by atoms with Crippen molar-refractivity contribution >= 4 is 28.2 Å². The number of hydrogen-bond acceptors (Lipinski definition) is 3. The van der Waals surface area contributed by atoms with Crippen LogP contribution >= 0.6 is 12.2 Å². The van der Waals surface area contributed by atoms with Gasteiger partial charge in [0.1, 0.15) is 22.4 Å². The Morgan fingerprint density at radius 2 is 2.00 bits per heavy atom. The molecule has 4 nitrogen and oxygen atoms in total. The zero-order chi connectivity index (χ0) is 18.5. The molecule has 0 saturated carbocycles. The van der Waals surface area contributed by atoms with Gasteiger partial charge in [0.05, 0.1) is 5.52 Å². The van der Waals surface area contributed by atoms with Crippen LogP contribution in [0.4, 0.5) is 0 Å². The second-order valence-corrected chi connectivity index (χ2v) is 7.91. The monoisotopic (exact) mass is 377 g/mol. The Labute approximate surface area is 164 Å². The first kappa shape index (κ1) is 16.8. The zero-order valence-corrected chi connectivity index (χ0v) is 16.6. The summed E-state index contributed by atoms with van der Waals surface area (Å²) >= 11 is 5.86. The summed E-state index contributed by atoms with van der Waals surface area (Å²) in [7, 11) is 2.06. The summed E-state index contributed by atoms with van der Waals surface area (Å²) in [6, 6.07) is 12.7. The van der Waals surface area contributed by atoms with Crippen molar-refractivity contribution < 1.29 is 4.74 Å². The first-order valence-corrected chi connectivity index (χ1v) is 10.0. The Hall–Kier alpha value is -2.40. The van der Waals surface area contributed by atoms with Crippen LogP contribution in [0.15, 0.2) is 36.4 Å². The van der Waals surface area contributed by atoms with E-state index in [1.165, 1.54) is 17.5 Å². The second-order valence-electron chi connectivity index (χ2n) is 7.52. The number of hydrogen-bond donors (Lipinski definition) is 0. The molecule has 5 heteroatoms. The summed E-state index contributed by atoms with van der Waals surface area (Å²) in [6.07, 6.45) is 3.22. The summed E-state index contributed by atoms with van der Waals surface area (Å²) in [5.74, 6) is 1.92. The van der Waals surface area contributed by atoms with Gasteiger partial charge in [-0.25, -0.2) is 4.98 Å². The van der Waals surface area contributed by atoms with E-state index in [0.717, 1.165) is 59.1 Å². The minimum Gasteiger partial charge on any atom is -0.483 e. The minimum atomic E-state index is 0.0667. The number of thiocarbonyl (C=S) groups is 1. The highest BCUT2D eigenvalue weighted by Gasteiger charge is 2.30. The van der Waals surface area contributed by atoms with Gasteiger partial charge in [0.2, 0.25) is 0 Å². The summed E-state index contributed by atoms with van der Waals surface area (Å²) in [4.78, 5) is 8.07.